The van der Waals surface area contributed by atoms with E-state index in [9.17, 15) is 0 Å². The maximum atomic E-state index is 3.62. The van der Waals surface area contributed by atoms with Crippen molar-refractivity contribution in [1.82, 2.24) is 15.1 Å². The van der Waals surface area contributed by atoms with E-state index < -0.39 is 0 Å². The van der Waals surface area contributed by atoms with E-state index in [1.807, 2.05) is 0 Å². The van der Waals surface area contributed by atoms with Crippen LogP contribution >= 0.6 is 0 Å². The number of hydrogen-bond acceptors (Lipinski definition) is 3. The largest absolute Gasteiger partial charge is 0.315 e. The van der Waals surface area contributed by atoms with Gasteiger partial charge in [0.15, 0.2) is 0 Å². The van der Waals surface area contributed by atoms with Crippen LogP contribution < -0.4 is 5.32 Å². The molecule has 0 aromatic carbocycles. The third kappa shape index (κ3) is 4.20. The SMILES string of the molecule is CCC(C)(C)C1CCC(NC)C(N2CCCN(C)CC2)C1. The molecule has 0 aromatic rings. The van der Waals surface area contributed by atoms with Crippen LogP contribution in [-0.2, 0) is 0 Å². The minimum atomic E-state index is 0.500. The van der Waals surface area contributed by atoms with Crippen LogP contribution in [0.1, 0.15) is 52.9 Å². The first-order valence-electron chi connectivity index (χ1n) is 9.07. The van der Waals surface area contributed by atoms with E-state index in [0.717, 1.165) is 12.0 Å². The molecule has 21 heavy (non-hydrogen) atoms. The summed E-state index contributed by atoms with van der Waals surface area (Å²) in [5, 5.41) is 3.62. The number of likely N-dealkylation sites (N-methyl/N-ethyl adjacent to an activating group) is 2. The molecular weight excluding hydrogens is 258 g/mol. The summed E-state index contributed by atoms with van der Waals surface area (Å²) in [7, 11) is 4.43. The van der Waals surface area contributed by atoms with Gasteiger partial charge in [-0.3, -0.25) is 4.90 Å². The molecule has 0 radical (unpaired) electrons. The van der Waals surface area contributed by atoms with Crippen molar-refractivity contribution in [3.63, 3.8) is 0 Å². The summed E-state index contributed by atoms with van der Waals surface area (Å²) in [6, 6.07) is 1.43. The Bertz CT molecular complexity index is 316. The second-order valence-electron chi connectivity index (χ2n) is 8.01. The van der Waals surface area contributed by atoms with E-state index >= 15 is 0 Å². The molecule has 1 heterocycles. The molecule has 124 valence electrons. The first kappa shape index (κ1) is 17.2. The highest BCUT2D eigenvalue weighted by atomic mass is 15.2. The van der Waals surface area contributed by atoms with Crippen molar-refractivity contribution in [2.45, 2.75) is 65.0 Å². The molecule has 0 bridgehead atoms. The van der Waals surface area contributed by atoms with E-state index in [1.165, 1.54) is 58.3 Å². The molecule has 1 saturated carbocycles. The van der Waals surface area contributed by atoms with Crippen LogP contribution in [0.3, 0.4) is 0 Å². The van der Waals surface area contributed by atoms with Crippen LogP contribution in [-0.4, -0.2) is 62.2 Å². The van der Waals surface area contributed by atoms with Crippen molar-refractivity contribution >= 4 is 0 Å². The standard InChI is InChI=1S/C18H37N3/c1-6-18(2,3)15-8-9-16(19-4)17(14-15)21-11-7-10-20(5)12-13-21/h15-17,19H,6-14H2,1-5H3. The minimum absolute atomic E-state index is 0.500. The lowest BCUT2D eigenvalue weighted by Gasteiger charge is -2.47. The molecule has 3 atom stereocenters. The van der Waals surface area contributed by atoms with Gasteiger partial charge in [-0.05, 0) is 64.2 Å². The Morgan fingerprint density at radius 2 is 1.86 bits per heavy atom. The number of nitrogens with zero attached hydrogens (tertiary/aromatic N) is 2. The Morgan fingerprint density at radius 1 is 1.10 bits per heavy atom. The van der Waals surface area contributed by atoms with Crippen molar-refractivity contribution in [2.75, 3.05) is 40.3 Å². The topological polar surface area (TPSA) is 18.5 Å². The fourth-order valence-corrected chi connectivity index (χ4v) is 4.28. The van der Waals surface area contributed by atoms with Gasteiger partial charge in [0.05, 0.1) is 0 Å². The summed E-state index contributed by atoms with van der Waals surface area (Å²) in [6.45, 7) is 12.3. The van der Waals surface area contributed by atoms with Crippen LogP contribution in [0, 0.1) is 11.3 Å². The molecule has 3 unspecified atom stereocenters. The second-order valence-corrected chi connectivity index (χ2v) is 8.01. The molecular formula is C18H37N3. The fourth-order valence-electron chi connectivity index (χ4n) is 4.28. The van der Waals surface area contributed by atoms with Gasteiger partial charge in [-0.2, -0.15) is 0 Å². The molecule has 2 rings (SSSR count). The fraction of sp³-hybridized carbons (Fsp3) is 1.00. The highest BCUT2D eigenvalue weighted by molar-refractivity contribution is 4.95. The van der Waals surface area contributed by atoms with Gasteiger partial charge in [0, 0.05) is 25.2 Å². The van der Waals surface area contributed by atoms with Gasteiger partial charge in [-0.1, -0.05) is 27.2 Å². The van der Waals surface area contributed by atoms with Crippen LogP contribution in [0.4, 0.5) is 0 Å². The Morgan fingerprint density at radius 3 is 2.52 bits per heavy atom. The molecule has 0 spiro atoms. The van der Waals surface area contributed by atoms with E-state index in [4.69, 9.17) is 0 Å². The van der Waals surface area contributed by atoms with Gasteiger partial charge in [0.2, 0.25) is 0 Å². The number of nitrogens with one attached hydrogen (secondary N) is 1. The first-order chi connectivity index (χ1) is 9.97. The van der Waals surface area contributed by atoms with Crippen LogP contribution in [0.15, 0.2) is 0 Å². The lowest BCUT2D eigenvalue weighted by molar-refractivity contribution is 0.0538. The maximum absolute atomic E-state index is 3.62. The highest BCUT2D eigenvalue weighted by Crippen LogP contribution is 2.41. The number of hydrogen-bond donors (Lipinski definition) is 1. The summed E-state index contributed by atoms with van der Waals surface area (Å²) >= 11 is 0. The number of rotatable bonds is 4. The summed E-state index contributed by atoms with van der Waals surface area (Å²) < 4.78 is 0. The summed E-state index contributed by atoms with van der Waals surface area (Å²) in [4.78, 5) is 5.28. The van der Waals surface area contributed by atoms with Gasteiger partial charge < -0.3 is 10.2 Å². The summed E-state index contributed by atoms with van der Waals surface area (Å²) in [6.07, 6.45) is 6.76. The third-order valence-electron chi connectivity index (χ3n) is 6.43. The minimum Gasteiger partial charge on any atom is -0.315 e. The highest BCUT2D eigenvalue weighted by Gasteiger charge is 2.39. The third-order valence-corrected chi connectivity index (χ3v) is 6.43. The van der Waals surface area contributed by atoms with Crippen molar-refractivity contribution in [3.05, 3.63) is 0 Å². The molecule has 0 aromatic heterocycles. The van der Waals surface area contributed by atoms with Crippen molar-refractivity contribution in [1.29, 1.82) is 0 Å². The molecule has 0 amide bonds. The average molecular weight is 296 g/mol. The Labute approximate surface area is 132 Å². The normalized spacial score (nSPS) is 33.9. The quantitative estimate of drug-likeness (QED) is 0.860. The zero-order chi connectivity index (χ0) is 15.5. The molecule has 2 aliphatic rings. The molecule has 1 aliphatic carbocycles. The van der Waals surface area contributed by atoms with Gasteiger partial charge >= 0.3 is 0 Å². The summed E-state index contributed by atoms with van der Waals surface area (Å²) in [5.41, 5.74) is 0.500. The summed E-state index contributed by atoms with van der Waals surface area (Å²) in [5.74, 6) is 0.887. The van der Waals surface area contributed by atoms with Crippen LogP contribution in [0.2, 0.25) is 0 Å². The van der Waals surface area contributed by atoms with Crippen molar-refractivity contribution < 1.29 is 0 Å². The molecule has 1 N–H and O–H groups in total. The predicted molar refractivity (Wildman–Crippen MR) is 91.7 cm³/mol. The zero-order valence-electron chi connectivity index (χ0n) is 15.0. The molecule has 3 heteroatoms. The predicted octanol–water partition coefficient (Wildman–Crippen LogP) is 2.82. The Kier molecular flexibility index (Phi) is 6.10. The van der Waals surface area contributed by atoms with E-state index in [2.05, 4.69) is 50.0 Å². The van der Waals surface area contributed by atoms with E-state index in [1.54, 1.807) is 0 Å². The van der Waals surface area contributed by atoms with E-state index in [0.29, 0.717) is 11.5 Å². The monoisotopic (exact) mass is 295 g/mol. The van der Waals surface area contributed by atoms with Gasteiger partial charge in [-0.25, -0.2) is 0 Å². The average Bonchev–Trinajstić information content (AvgIpc) is 2.71. The first-order valence-corrected chi connectivity index (χ1v) is 9.07. The maximum Gasteiger partial charge on any atom is 0.0252 e. The smallest absolute Gasteiger partial charge is 0.0252 e. The Balaban J connectivity index is 2.05. The van der Waals surface area contributed by atoms with Gasteiger partial charge in [0.1, 0.15) is 0 Å². The van der Waals surface area contributed by atoms with Crippen LogP contribution in [0.25, 0.3) is 0 Å². The molecule has 1 aliphatic heterocycles. The van der Waals surface area contributed by atoms with Gasteiger partial charge in [0.25, 0.3) is 0 Å². The second kappa shape index (κ2) is 7.43. The molecule has 2 fully saturated rings. The lowest BCUT2D eigenvalue weighted by atomic mass is 9.67. The van der Waals surface area contributed by atoms with Crippen molar-refractivity contribution in [2.24, 2.45) is 11.3 Å². The lowest BCUT2D eigenvalue weighted by Crippen LogP contribution is -2.54. The van der Waals surface area contributed by atoms with Crippen molar-refractivity contribution in [3.8, 4) is 0 Å². The van der Waals surface area contributed by atoms with E-state index in [-0.39, 0.29) is 0 Å². The van der Waals surface area contributed by atoms with Crippen LogP contribution in [0.5, 0.6) is 0 Å². The Hall–Kier alpha value is -0.120. The molecule has 3 nitrogen and oxygen atoms in total. The molecule has 1 saturated heterocycles. The zero-order valence-corrected chi connectivity index (χ0v) is 15.0. The van der Waals surface area contributed by atoms with Gasteiger partial charge in [-0.15, -0.1) is 0 Å².